The van der Waals surface area contributed by atoms with E-state index < -0.39 is 23.4 Å². The molecule has 1 aromatic carbocycles. The highest BCUT2D eigenvalue weighted by molar-refractivity contribution is 5.77. The molecular formula is C23H28F3N3O3. The van der Waals surface area contributed by atoms with Crippen molar-refractivity contribution in [1.82, 2.24) is 9.88 Å². The third kappa shape index (κ3) is 5.51. The number of aliphatic carboxylic acids is 1. The summed E-state index contributed by atoms with van der Waals surface area (Å²) < 4.78 is 43.9. The van der Waals surface area contributed by atoms with Gasteiger partial charge in [0, 0.05) is 32.7 Å². The van der Waals surface area contributed by atoms with E-state index in [1.807, 2.05) is 30.9 Å². The summed E-state index contributed by atoms with van der Waals surface area (Å²) in [5.41, 5.74) is 1.34. The topological polar surface area (TPSA) is 65.9 Å². The van der Waals surface area contributed by atoms with Crippen LogP contribution < -0.4 is 9.64 Å². The van der Waals surface area contributed by atoms with Crippen LogP contribution >= 0.6 is 0 Å². The number of benzene rings is 1. The van der Waals surface area contributed by atoms with Gasteiger partial charge in [0.05, 0.1) is 11.9 Å². The van der Waals surface area contributed by atoms with Gasteiger partial charge in [-0.25, -0.2) is 9.78 Å². The van der Waals surface area contributed by atoms with Gasteiger partial charge in [-0.15, -0.1) is 0 Å². The average Bonchev–Trinajstić information content (AvgIpc) is 2.71. The van der Waals surface area contributed by atoms with Crippen molar-refractivity contribution in [3.63, 3.8) is 0 Å². The number of anilines is 1. The molecule has 1 aromatic heterocycles. The van der Waals surface area contributed by atoms with Crippen molar-refractivity contribution in [3.8, 4) is 5.75 Å². The van der Waals surface area contributed by atoms with Gasteiger partial charge in [0.1, 0.15) is 11.4 Å². The molecule has 2 heterocycles. The summed E-state index contributed by atoms with van der Waals surface area (Å²) in [5.74, 6) is -0.442. The smallest absolute Gasteiger partial charge is 0.433 e. The number of carboxylic acids is 1. The van der Waals surface area contributed by atoms with E-state index in [9.17, 15) is 23.1 Å². The molecule has 0 unspecified atom stereocenters. The Labute approximate surface area is 185 Å². The molecule has 1 saturated heterocycles. The SMILES string of the molecule is Cc1cc(CN2CCN(c3ccc(C(F)(F)F)nc3)CC2)cc(C)c1OC(C)(C)C(=O)O. The molecule has 174 valence electrons. The molecule has 32 heavy (non-hydrogen) atoms. The molecule has 0 radical (unpaired) electrons. The van der Waals surface area contributed by atoms with Gasteiger partial charge in [-0.2, -0.15) is 13.2 Å². The second-order valence-electron chi connectivity index (χ2n) is 8.64. The van der Waals surface area contributed by atoms with Crippen LogP contribution in [0.15, 0.2) is 30.5 Å². The Kier molecular flexibility index (Phi) is 6.69. The number of nitrogens with zero attached hydrogens (tertiary/aromatic N) is 3. The maximum Gasteiger partial charge on any atom is 0.433 e. The van der Waals surface area contributed by atoms with Gasteiger partial charge in [-0.05, 0) is 56.5 Å². The first-order valence-electron chi connectivity index (χ1n) is 10.4. The van der Waals surface area contributed by atoms with Crippen LogP contribution in [0.3, 0.4) is 0 Å². The van der Waals surface area contributed by atoms with Gasteiger partial charge < -0.3 is 14.7 Å². The second-order valence-corrected chi connectivity index (χ2v) is 8.64. The van der Waals surface area contributed by atoms with Gasteiger partial charge >= 0.3 is 12.1 Å². The predicted molar refractivity (Wildman–Crippen MR) is 115 cm³/mol. The number of hydrogen-bond acceptors (Lipinski definition) is 5. The number of piperazine rings is 1. The number of carbonyl (C=O) groups is 1. The lowest BCUT2D eigenvalue weighted by molar-refractivity contribution is -0.152. The molecule has 0 bridgehead atoms. The largest absolute Gasteiger partial charge is 0.478 e. The lowest BCUT2D eigenvalue weighted by Gasteiger charge is -2.36. The molecule has 0 atom stereocenters. The Balaban J connectivity index is 1.61. The van der Waals surface area contributed by atoms with Crippen molar-refractivity contribution < 1.29 is 27.8 Å². The van der Waals surface area contributed by atoms with Gasteiger partial charge in [-0.3, -0.25) is 4.90 Å². The van der Waals surface area contributed by atoms with Crippen LogP contribution in [-0.2, 0) is 17.5 Å². The number of pyridine rings is 1. The monoisotopic (exact) mass is 451 g/mol. The fourth-order valence-corrected chi connectivity index (χ4v) is 3.75. The zero-order valence-corrected chi connectivity index (χ0v) is 18.7. The lowest BCUT2D eigenvalue weighted by atomic mass is 10.0. The van der Waals surface area contributed by atoms with Gasteiger partial charge in [0.2, 0.25) is 0 Å². The summed E-state index contributed by atoms with van der Waals surface area (Å²) in [5, 5.41) is 9.32. The van der Waals surface area contributed by atoms with E-state index in [1.54, 1.807) is 0 Å². The molecule has 6 nitrogen and oxygen atoms in total. The van der Waals surface area contributed by atoms with Crippen molar-refractivity contribution in [2.24, 2.45) is 0 Å². The number of ether oxygens (including phenoxy) is 1. The minimum Gasteiger partial charge on any atom is -0.478 e. The number of aryl methyl sites for hydroxylation is 2. The predicted octanol–water partition coefficient (Wildman–Crippen LogP) is 4.28. The van der Waals surface area contributed by atoms with Crippen LogP contribution in [0.2, 0.25) is 0 Å². The van der Waals surface area contributed by atoms with E-state index in [4.69, 9.17) is 4.74 Å². The van der Waals surface area contributed by atoms with E-state index in [0.717, 1.165) is 42.4 Å². The van der Waals surface area contributed by atoms with Crippen molar-refractivity contribution in [2.45, 2.75) is 46.0 Å². The second kappa shape index (κ2) is 8.97. The quantitative estimate of drug-likeness (QED) is 0.707. The average molecular weight is 451 g/mol. The van der Waals surface area contributed by atoms with Crippen LogP contribution in [0.4, 0.5) is 18.9 Å². The Morgan fingerprint density at radius 2 is 1.69 bits per heavy atom. The molecular weight excluding hydrogens is 423 g/mol. The fraction of sp³-hybridized carbons (Fsp3) is 0.478. The number of aromatic nitrogens is 1. The first-order chi connectivity index (χ1) is 14.9. The van der Waals surface area contributed by atoms with E-state index in [0.29, 0.717) is 24.5 Å². The van der Waals surface area contributed by atoms with Crippen LogP contribution in [0.25, 0.3) is 0 Å². The maximum absolute atomic E-state index is 12.7. The Morgan fingerprint density at radius 3 is 2.16 bits per heavy atom. The standard InChI is InChI=1S/C23H28F3N3O3/c1-15-11-17(12-16(2)20(15)32-22(3,4)21(30)31)14-28-7-9-29(10-8-28)18-5-6-19(27-13-18)23(24,25)26/h5-6,11-13H,7-10,14H2,1-4H3,(H,30,31). The normalized spacial score (nSPS) is 15.7. The first kappa shape index (κ1) is 23.8. The number of halogens is 3. The summed E-state index contributed by atoms with van der Waals surface area (Å²) >= 11 is 0. The van der Waals surface area contributed by atoms with Gasteiger partial charge in [-0.1, -0.05) is 12.1 Å². The highest BCUT2D eigenvalue weighted by Gasteiger charge is 2.32. The zero-order valence-electron chi connectivity index (χ0n) is 18.7. The highest BCUT2D eigenvalue weighted by Crippen LogP contribution is 2.30. The molecule has 9 heteroatoms. The molecule has 0 aliphatic carbocycles. The van der Waals surface area contributed by atoms with E-state index in [-0.39, 0.29) is 0 Å². The number of carboxylic acid groups (broad SMARTS) is 1. The molecule has 3 rings (SSSR count). The van der Waals surface area contributed by atoms with E-state index in [1.165, 1.54) is 26.1 Å². The third-order valence-electron chi connectivity index (χ3n) is 5.57. The molecule has 0 amide bonds. The Hall–Kier alpha value is -2.81. The van der Waals surface area contributed by atoms with Gasteiger partial charge in [0.25, 0.3) is 0 Å². The summed E-state index contributed by atoms with van der Waals surface area (Å²) in [6.45, 7) is 10.5. The van der Waals surface area contributed by atoms with E-state index >= 15 is 0 Å². The minimum atomic E-state index is -4.43. The summed E-state index contributed by atoms with van der Waals surface area (Å²) in [6, 6.07) is 6.50. The Bertz CT molecular complexity index is 944. The van der Waals surface area contributed by atoms with Crippen molar-refractivity contribution in [2.75, 3.05) is 31.1 Å². The number of hydrogen-bond donors (Lipinski definition) is 1. The molecule has 2 aromatic rings. The highest BCUT2D eigenvalue weighted by atomic mass is 19.4. The molecule has 1 aliphatic rings. The minimum absolute atomic E-state index is 0.584. The van der Waals surface area contributed by atoms with Crippen LogP contribution in [0.1, 0.15) is 36.2 Å². The summed E-state index contributed by atoms with van der Waals surface area (Å²) in [6.07, 6.45) is -3.15. The first-order valence-corrected chi connectivity index (χ1v) is 10.4. The van der Waals surface area contributed by atoms with Crippen LogP contribution in [-0.4, -0.2) is 52.7 Å². The third-order valence-corrected chi connectivity index (χ3v) is 5.57. The van der Waals surface area contributed by atoms with Crippen molar-refractivity contribution >= 4 is 11.7 Å². The van der Waals surface area contributed by atoms with Gasteiger partial charge in [0.15, 0.2) is 5.60 Å². The van der Waals surface area contributed by atoms with Crippen LogP contribution in [0, 0.1) is 13.8 Å². The van der Waals surface area contributed by atoms with Crippen LogP contribution in [0.5, 0.6) is 5.75 Å². The van der Waals surface area contributed by atoms with Crippen molar-refractivity contribution in [1.29, 1.82) is 0 Å². The summed E-state index contributed by atoms with van der Waals surface area (Å²) in [7, 11) is 0. The molecule has 1 N–H and O–H groups in total. The number of rotatable bonds is 6. The zero-order chi connectivity index (χ0) is 23.7. The lowest BCUT2D eigenvalue weighted by Crippen LogP contribution is -2.46. The molecule has 1 fully saturated rings. The fourth-order valence-electron chi connectivity index (χ4n) is 3.75. The number of alkyl halides is 3. The molecule has 1 aliphatic heterocycles. The van der Waals surface area contributed by atoms with Crippen molar-refractivity contribution in [3.05, 3.63) is 52.8 Å². The summed E-state index contributed by atoms with van der Waals surface area (Å²) in [4.78, 5) is 19.2. The molecule has 0 spiro atoms. The Morgan fingerprint density at radius 1 is 1.09 bits per heavy atom. The molecule has 0 saturated carbocycles. The van der Waals surface area contributed by atoms with E-state index in [2.05, 4.69) is 9.88 Å². The maximum atomic E-state index is 12.7.